The van der Waals surface area contributed by atoms with Crippen molar-refractivity contribution in [1.29, 1.82) is 0 Å². The Labute approximate surface area is 180 Å². The standard InChI is InChI=1S/C23H39N5O2/c24-23(9-1-10-23)22(30)28-14-12-27(13-15-28)21(29)17-4-2-16(3-5-17)18-6-7-19-20(26-18)8-11-25-19/h16-20,25-26H,1-15,24H2. The number of hydrogen-bond donors (Lipinski definition) is 3. The predicted octanol–water partition coefficient (Wildman–Crippen LogP) is 0.828. The molecule has 2 saturated carbocycles. The van der Waals surface area contributed by atoms with E-state index < -0.39 is 5.54 Å². The van der Waals surface area contributed by atoms with Crippen molar-refractivity contribution >= 4 is 11.8 Å². The van der Waals surface area contributed by atoms with Crippen molar-refractivity contribution in [3.63, 3.8) is 0 Å². The van der Waals surface area contributed by atoms with Crippen LogP contribution in [0.1, 0.15) is 64.2 Å². The smallest absolute Gasteiger partial charge is 0.242 e. The highest BCUT2D eigenvalue weighted by molar-refractivity contribution is 5.87. The van der Waals surface area contributed by atoms with Crippen molar-refractivity contribution < 1.29 is 9.59 Å². The Morgan fingerprint density at radius 3 is 2.13 bits per heavy atom. The highest BCUT2D eigenvalue weighted by atomic mass is 16.2. The van der Waals surface area contributed by atoms with Crippen LogP contribution in [0.25, 0.3) is 0 Å². The van der Waals surface area contributed by atoms with Crippen LogP contribution in [0.5, 0.6) is 0 Å². The molecule has 0 bridgehead atoms. The summed E-state index contributed by atoms with van der Waals surface area (Å²) in [5.74, 6) is 1.33. The third kappa shape index (κ3) is 3.89. The number of nitrogens with one attached hydrogen (secondary N) is 2. The molecule has 3 atom stereocenters. The van der Waals surface area contributed by atoms with E-state index in [1.165, 1.54) is 32.1 Å². The molecule has 5 rings (SSSR count). The van der Waals surface area contributed by atoms with Gasteiger partial charge in [0.25, 0.3) is 0 Å². The zero-order valence-electron chi connectivity index (χ0n) is 18.3. The first kappa shape index (κ1) is 20.7. The van der Waals surface area contributed by atoms with Gasteiger partial charge in [-0.15, -0.1) is 0 Å². The third-order valence-corrected chi connectivity index (χ3v) is 8.80. The molecular formula is C23H39N5O2. The Bertz CT molecular complexity index is 650. The van der Waals surface area contributed by atoms with Crippen molar-refractivity contribution in [3.8, 4) is 0 Å². The van der Waals surface area contributed by atoms with E-state index in [0.29, 0.717) is 50.2 Å². The average Bonchev–Trinajstić information content (AvgIpc) is 3.24. The predicted molar refractivity (Wildman–Crippen MR) is 116 cm³/mol. The number of nitrogens with two attached hydrogens (primary N) is 1. The van der Waals surface area contributed by atoms with Gasteiger partial charge in [0.15, 0.2) is 0 Å². The van der Waals surface area contributed by atoms with Gasteiger partial charge in [0, 0.05) is 50.2 Å². The van der Waals surface area contributed by atoms with E-state index in [4.69, 9.17) is 5.73 Å². The highest BCUT2D eigenvalue weighted by Crippen LogP contribution is 2.36. The first-order chi connectivity index (χ1) is 14.5. The number of rotatable bonds is 3. The fourth-order valence-electron chi connectivity index (χ4n) is 6.60. The van der Waals surface area contributed by atoms with Crippen LogP contribution < -0.4 is 16.4 Å². The van der Waals surface area contributed by atoms with Crippen molar-refractivity contribution in [2.24, 2.45) is 17.6 Å². The Morgan fingerprint density at radius 1 is 0.800 bits per heavy atom. The molecule has 168 valence electrons. The van der Waals surface area contributed by atoms with Crippen molar-refractivity contribution in [3.05, 3.63) is 0 Å². The second-order valence-corrected chi connectivity index (χ2v) is 10.5. The molecule has 0 aromatic carbocycles. The maximum atomic E-state index is 13.1. The molecule has 5 aliphatic rings. The number of carbonyl (C=O) groups is 2. The summed E-state index contributed by atoms with van der Waals surface area (Å²) in [5, 5.41) is 7.55. The lowest BCUT2D eigenvalue weighted by atomic mass is 9.75. The molecule has 2 amide bonds. The van der Waals surface area contributed by atoms with Crippen LogP contribution in [-0.4, -0.2) is 78.0 Å². The highest BCUT2D eigenvalue weighted by Gasteiger charge is 2.44. The molecule has 3 heterocycles. The number of hydrogen-bond acceptors (Lipinski definition) is 5. The zero-order chi connectivity index (χ0) is 20.7. The number of carbonyl (C=O) groups excluding carboxylic acids is 2. The van der Waals surface area contributed by atoms with Crippen molar-refractivity contribution in [2.75, 3.05) is 32.7 Å². The molecule has 0 aromatic heterocycles. The molecular weight excluding hydrogens is 378 g/mol. The summed E-state index contributed by atoms with van der Waals surface area (Å²) < 4.78 is 0. The normalized spacial score (nSPS) is 38.6. The first-order valence-electron chi connectivity index (χ1n) is 12.4. The van der Waals surface area contributed by atoms with Crippen LogP contribution in [0, 0.1) is 11.8 Å². The summed E-state index contributed by atoms with van der Waals surface area (Å²) in [6.07, 6.45) is 10.9. The monoisotopic (exact) mass is 417 g/mol. The number of fused-ring (bicyclic) bond motifs is 1. The van der Waals surface area contributed by atoms with E-state index in [1.807, 2.05) is 9.80 Å². The van der Waals surface area contributed by atoms with Crippen molar-refractivity contribution in [2.45, 2.75) is 87.9 Å². The number of piperazine rings is 1. The maximum Gasteiger partial charge on any atom is 0.242 e. The molecule has 3 aliphatic heterocycles. The molecule has 0 aromatic rings. The molecule has 30 heavy (non-hydrogen) atoms. The molecule has 0 spiro atoms. The first-order valence-corrected chi connectivity index (χ1v) is 12.4. The lowest BCUT2D eigenvalue weighted by Gasteiger charge is -2.44. The van der Waals surface area contributed by atoms with Crippen LogP contribution in [0.3, 0.4) is 0 Å². The van der Waals surface area contributed by atoms with Gasteiger partial charge in [0.05, 0.1) is 5.54 Å². The third-order valence-electron chi connectivity index (χ3n) is 8.80. The van der Waals surface area contributed by atoms with E-state index in [9.17, 15) is 9.59 Å². The van der Waals surface area contributed by atoms with Gasteiger partial charge in [-0.2, -0.15) is 0 Å². The zero-order valence-corrected chi connectivity index (χ0v) is 18.3. The van der Waals surface area contributed by atoms with Gasteiger partial charge in [-0.25, -0.2) is 0 Å². The maximum absolute atomic E-state index is 13.1. The summed E-state index contributed by atoms with van der Waals surface area (Å²) >= 11 is 0. The van der Waals surface area contributed by atoms with E-state index in [-0.39, 0.29) is 11.8 Å². The largest absolute Gasteiger partial charge is 0.339 e. The fourth-order valence-corrected chi connectivity index (χ4v) is 6.60. The summed E-state index contributed by atoms with van der Waals surface area (Å²) in [7, 11) is 0. The van der Waals surface area contributed by atoms with E-state index in [1.54, 1.807) is 0 Å². The van der Waals surface area contributed by atoms with Crippen LogP contribution in [0.2, 0.25) is 0 Å². The summed E-state index contributed by atoms with van der Waals surface area (Å²) in [4.78, 5) is 29.6. The summed E-state index contributed by atoms with van der Waals surface area (Å²) in [5.41, 5.74) is 5.59. The molecule has 7 nitrogen and oxygen atoms in total. The SMILES string of the molecule is NC1(C(=O)N2CCN(C(=O)C3CCC(C4CCC5NCCC5N4)CC3)CC2)CCC1. The van der Waals surface area contributed by atoms with E-state index in [2.05, 4.69) is 10.6 Å². The number of piperidine rings is 1. The summed E-state index contributed by atoms with van der Waals surface area (Å²) in [6.45, 7) is 3.77. The minimum absolute atomic E-state index is 0.0982. The molecule has 7 heteroatoms. The van der Waals surface area contributed by atoms with Gasteiger partial charge in [-0.05, 0) is 76.7 Å². The average molecular weight is 418 g/mol. The molecule has 5 fully saturated rings. The van der Waals surface area contributed by atoms with Crippen LogP contribution in [0.15, 0.2) is 0 Å². The second kappa shape index (κ2) is 8.40. The molecule has 0 radical (unpaired) electrons. The Balaban J connectivity index is 1.07. The Morgan fingerprint density at radius 2 is 1.47 bits per heavy atom. The lowest BCUT2D eigenvalue weighted by Crippen LogP contribution is -2.63. The van der Waals surface area contributed by atoms with Gasteiger partial charge < -0.3 is 26.2 Å². The number of amides is 2. The molecule has 3 saturated heterocycles. The lowest BCUT2D eigenvalue weighted by molar-refractivity contribution is -0.147. The molecule has 4 N–H and O–H groups in total. The van der Waals surface area contributed by atoms with E-state index >= 15 is 0 Å². The van der Waals surface area contributed by atoms with Gasteiger partial charge in [0.1, 0.15) is 0 Å². The molecule has 2 aliphatic carbocycles. The van der Waals surface area contributed by atoms with Crippen LogP contribution >= 0.6 is 0 Å². The van der Waals surface area contributed by atoms with Gasteiger partial charge >= 0.3 is 0 Å². The van der Waals surface area contributed by atoms with Crippen molar-refractivity contribution in [1.82, 2.24) is 20.4 Å². The molecule has 3 unspecified atom stereocenters. The quantitative estimate of drug-likeness (QED) is 0.633. The number of nitrogens with zero attached hydrogens (tertiary/aromatic N) is 2. The minimum Gasteiger partial charge on any atom is -0.339 e. The van der Waals surface area contributed by atoms with Crippen LogP contribution in [-0.2, 0) is 9.59 Å². The second-order valence-electron chi connectivity index (χ2n) is 10.5. The minimum atomic E-state index is -0.619. The Kier molecular flexibility index (Phi) is 5.80. The van der Waals surface area contributed by atoms with Gasteiger partial charge in [0.2, 0.25) is 11.8 Å². The van der Waals surface area contributed by atoms with Gasteiger partial charge in [-0.3, -0.25) is 9.59 Å². The topological polar surface area (TPSA) is 90.7 Å². The fraction of sp³-hybridized carbons (Fsp3) is 0.913. The van der Waals surface area contributed by atoms with Crippen LogP contribution in [0.4, 0.5) is 0 Å². The summed E-state index contributed by atoms with van der Waals surface area (Å²) in [6, 6.07) is 1.99. The van der Waals surface area contributed by atoms with E-state index in [0.717, 1.165) is 44.6 Å². The Hall–Kier alpha value is -1.18. The van der Waals surface area contributed by atoms with Gasteiger partial charge in [-0.1, -0.05) is 0 Å².